The van der Waals surface area contributed by atoms with Crippen LogP contribution in [0.25, 0.3) is 11.0 Å². The quantitative estimate of drug-likeness (QED) is 0.301. The van der Waals surface area contributed by atoms with Crippen LogP contribution in [0.15, 0.2) is 67.1 Å². The van der Waals surface area contributed by atoms with Crippen LogP contribution in [0.5, 0.6) is 11.5 Å². The van der Waals surface area contributed by atoms with Crippen molar-refractivity contribution in [3.8, 4) is 23.3 Å². The molecule has 2 aromatic carbocycles. The number of likely N-dealkylation sites (tertiary alicyclic amines) is 1. The maximum Gasteiger partial charge on any atom is 0.298 e. The number of rotatable bonds is 7. The lowest BCUT2D eigenvalue weighted by Gasteiger charge is -2.23. The van der Waals surface area contributed by atoms with E-state index in [0.717, 1.165) is 18.6 Å². The Morgan fingerprint density at radius 1 is 1.11 bits per heavy atom. The number of para-hydroxylation sites is 1. The number of hydrogen-bond donors (Lipinski definition) is 2. The van der Waals surface area contributed by atoms with Gasteiger partial charge in [0.1, 0.15) is 29.3 Å². The smallest absolute Gasteiger partial charge is 0.298 e. The summed E-state index contributed by atoms with van der Waals surface area (Å²) in [6.07, 6.45) is 4.92. The molecule has 8 nitrogen and oxygen atoms in total. The first-order valence-corrected chi connectivity index (χ1v) is 11.8. The highest BCUT2D eigenvalue weighted by atomic mass is 16.5. The van der Waals surface area contributed by atoms with Crippen LogP contribution in [0.1, 0.15) is 35.7 Å². The molecule has 2 aromatic heterocycles. The van der Waals surface area contributed by atoms with Gasteiger partial charge in [-0.05, 0) is 62.1 Å². The van der Waals surface area contributed by atoms with Crippen LogP contribution in [0.4, 0.5) is 5.82 Å². The van der Waals surface area contributed by atoms with Gasteiger partial charge >= 0.3 is 0 Å². The van der Waals surface area contributed by atoms with E-state index in [9.17, 15) is 9.59 Å². The minimum Gasteiger partial charge on any atom is -0.457 e. The molecule has 1 unspecified atom stereocenters. The summed E-state index contributed by atoms with van der Waals surface area (Å²) in [6, 6.07) is 16.5. The number of nitrogens with one attached hydrogen (secondary N) is 2. The molecule has 0 saturated carbocycles. The van der Waals surface area contributed by atoms with Crippen molar-refractivity contribution in [2.45, 2.75) is 25.8 Å². The summed E-state index contributed by atoms with van der Waals surface area (Å²) in [7, 11) is 0. The fourth-order valence-electron chi connectivity index (χ4n) is 4.44. The van der Waals surface area contributed by atoms with E-state index in [2.05, 4.69) is 32.1 Å². The van der Waals surface area contributed by atoms with Crippen molar-refractivity contribution in [2.24, 2.45) is 0 Å². The van der Waals surface area contributed by atoms with E-state index in [0.29, 0.717) is 46.8 Å². The molecule has 8 heteroatoms. The lowest BCUT2D eigenvalue weighted by atomic mass is 10.0. The van der Waals surface area contributed by atoms with Crippen molar-refractivity contribution in [3.05, 3.63) is 78.2 Å². The van der Waals surface area contributed by atoms with Crippen molar-refractivity contribution < 1.29 is 14.3 Å². The van der Waals surface area contributed by atoms with Gasteiger partial charge in [-0.2, -0.15) is 0 Å². The van der Waals surface area contributed by atoms with Crippen LogP contribution >= 0.6 is 0 Å². The molecule has 2 N–H and O–H groups in total. The molecule has 1 atom stereocenters. The predicted octanol–water partition coefficient (Wildman–Crippen LogP) is 4.41. The molecule has 0 spiro atoms. The molecule has 1 aliphatic rings. The maximum absolute atomic E-state index is 13.4. The van der Waals surface area contributed by atoms with Gasteiger partial charge in [0.25, 0.3) is 5.91 Å². The first-order chi connectivity index (χ1) is 17.6. The zero-order valence-electron chi connectivity index (χ0n) is 19.8. The Kier molecular flexibility index (Phi) is 6.63. The highest BCUT2D eigenvalue weighted by Crippen LogP contribution is 2.28. The number of ketones is 1. The average molecular weight is 480 g/mol. The zero-order valence-corrected chi connectivity index (χ0v) is 19.8. The van der Waals surface area contributed by atoms with E-state index < -0.39 is 0 Å². The van der Waals surface area contributed by atoms with Gasteiger partial charge in [-0.1, -0.05) is 24.1 Å². The highest BCUT2D eigenvalue weighted by Gasteiger charge is 2.28. The Hall–Kier alpha value is -4.64. The van der Waals surface area contributed by atoms with E-state index in [1.807, 2.05) is 30.3 Å². The molecule has 1 amide bonds. The minimum atomic E-state index is -0.160. The number of H-pyrrole nitrogens is 1. The summed E-state index contributed by atoms with van der Waals surface area (Å²) in [5.74, 6) is 6.91. The van der Waals surface area contributed by atoms with Gasteiger partial charge in [0.2, 0.25) is 0 Å². The van der Waals surface area contributed by atoms with Crippen molar-refractivity contribution >= 4 is 28.5 Å². The summed E-state index contributed by atoms with van der Waals surface area (Å²) in [5, 5.41) is 3.96. The van der Waals surface area contributed by atoms with Crippen LogP contribution in [-0.2, 0) is 4.79 Å². The number of carbonyl (C=O) groups is 2. The summed E-state index contributed by atoms with van der Waals surface area (Å²) >= 11 is 0. The van der Waals surface area contributed by atoms with Gasteiger partial charge in [-0.3, -0.25) is 9.59 Å². The topological polar surface area (TPSA) is 100 Å². The Bertz CT molecular complexity index is 1450. The van der Waals surface area contributed by atoms with Crippen LogP contribution in [-0.4, -0.2) is 50.7 Å². The van der Waals surface area contributed by atoms with E-state index in [1.54, 1.807) is 42.3 Å². The number of ether oxygens (including phenoxy) is 1. The number of anilines is 1. The first kappa shape index (κ1) is 23.1. The molecule has 180 valence electrons. The molecule has 0 radical (unpaired) electrons. The minimum absolute atomic E-state index is 0.0126. The Labute approximate surface area is 208 Å². The molecule has 1 fully saturated rings. The van der Waals surface area contributed by atoms with Gasteiger partial charge in [-0.15, -0.1) is 0 Å². The third kappa shape index (κ3) is 4.77. The second-order valence-corrected chi connectivity index (χ2v) is 8.47. The van der Waals surface area contributed by atoms with Crippen molar-refractivity contribution in [2.75, 3.05) is 18.4 Å². The molecular weight excluding hydrogens is 454 g/mol. The van der Waals surface area contributed by atoms with Crippen molar-refractivity contribution in [3.63, 3.8) is 0 Å². The number of nitrogens with zero attached hydrogens (tertiary/aromatic N) is 3. The van der Waals surface area contributed by atoms with Crippen molar-refractivity contribution in [1.29, 1.82) is 0 Å². The van der Waals surface area contributed by atoms with E-state index >= 15 is 0 Å². The number of carbonyl (C=O) groups excluding carboxylic acids is 2. The van der Waals surface area contributed by atoms with E-state index in [1.165, 1.54) is 6.33 Å². The zero-order chi connectivity index (χ0) is 24.9. The van der Waals surface area contributed by atoms with E-state index in [4.69, 9.17) is 4.74 Å². The van der Waals surface area contributed by atoms with Crippen LogP contribution in [0.3, 0.4) is 0 Å². The summed E-state index contributed by atoms with van der Waals surface area (Å²) < 4.78 is 5.83. The molecule has 1 aliphatic heterocycles. The van der Waals surface area contributed by atoms with Crippen molar-refractivity contribution in [1.82, 2.24) is 19.9 Å². The largest absolute Gasteiger partial charge is 0.457 e. The predicted molar refractivity (Wildman–Crippen MR) is 137 cm³/mol. The molecule has 3 heterocycles. The number of aromatic nitrogens is 3. The van der Waals surface area contributed by atoms with Crippen LogP contribution in [0.2, 0.25) is 0 Å². The molecule has 36 heavy (non-hydrogen) atoms. The number of amides is 1. The summed E-state index contributed by atoms with van der Waals surface area (Å²) in [5.41, 5.74) is 1.56. The first-order valence-electron chi connectivity index (χ1n) is 11.8. The summed E-state index contributed by atoms with van der Waals surface area (Å²) in [6.45, 7) is 2.86. The monoisotopic (exact) mass is 479 g/mol. The normalized spacial score (nSPS) is 14.8. The molecule has 0 aliphatic carbocycles. The second-order valence-electron chi connectivity index (χ2n) is 8.47. The van der Waals surface area contributed by atoms with Gasteiger partial charge in [0.15, 0.2) is 5.78 Å². The van der Waals surface area contributed by atoms with Gasteiger partial charge in [-0.25, -0.2) is 9.97 Å². The fourth-order valence-corrected chi connectivity index (χ4v) is 4.44. The number of hydrogen-bond acceptors (Lipinski definition) is 6. The lowest BCUT2D eigenvalue weighted by molar-refractivity contribution is -0.125. The number of benzene rings is 2. The lowest BCUT2D eigenvalue weighted by Crippen LogP contribution is -2.39. The molecule has 1 saturated heterocycles. The Morgan fingerprint density at radius 2 is 1.89 bits per heavy atom. The third-order valence-electron chi connectivity index (χ3n) is 6.18. The second kappa shape index (κ2) is 10.3. The molecule has 0 bridgehead atoms. The Balaban J connectivity index is 1.35. The standard InChI is InChI=1S/C28H25N5O3/c1-2-7-24(34)33-15-6-8-20(33)16-29-27-25-23(17-30-28(25)32-18-31-27)26(35)19-11-13-22(14-12-19)36-21-9-4-3-5-10-21/h3-5,9-14,17-18,20H,6,8,15-16H2,1H3,(H2,29,30,31,32). The van der Waals surface area contributed by atoms with Crippen LogP contribution in [0, 0.1) is 11.8 Å². The SMILES string of the molecule is CC#CC(=O)N1CCCC1CNc1ncnc2[nH]cc(C(=O)c3ccc(Oc4ccccc4)cc3)c12. The average Bonchev–Trinajstić information content (AvgIpc) is 3.56. The maximum atomic E-state index is 13.4. The number of aromatic amines is 1. The van der Waals surface area contributed by atoms with Gasteiger partial charge < -0.3 is 19.9 Å². The van der Waals surface area contributed by atoms with Crippen LogP contribution < -0.4 is 10.1 Å². The third-order valence-corrected chi connectivity index (χ3v) is 6.18. The summed E-state index contributed by atoms with van der Waals surface area (Å²) in [4.78, 5) is 39.3. The molecular formula is C28H25N5O3. The highest BCUT2D eigenvalue weighted by molar-refractivity contribution is 6.18. The fraction of sp³-hybridized carbons (Fsp3) is 0.214. The number of fused-ring (bicyclic) bond motifs is 1. The van der Waals surface area contributed by atoms with Gasteiger partial charge in [0, 0.05) is 30.9 Å². The molecule has 5 rings (SSSR count). The molecule has 4 aromatic rings. The van der Waals surface area contributed by atoms with Gasteiger partial charge in [0.05, 0.1) is 10.9 Å². The Morgan fingerprint density at radius 3 is 2.67 bits per heavy atom. The van der Waals surface area contributed by atoms with E-state index in [-0.39, 0.29) is 17.7 Å².